The molecule has 14 rings (SSSR count). The molecule has 0 aliphatic carbocycles. The molecular formula is C72H48N2O. The van der Waals surface area contributed by atoms with Crippen LogP contribution in [0.4, 0.5) is 17.1 Å². The topological polar surface area (TPSA) is 21.3 Å². The van der Waals surface area contributed by atoms with Crippen LogP contribution < -0.4 is 4.90 Å². The fraction of sp³-hybridized carbons (Fsp3) is 0. The van der Waals surface area contributed by atoms with Gasteiger partial charge in [0.05, 0.1) is 22.4 Å². The van der Waals surface area contributed by atoms with Gasteiger partial charge in [0.1, 0.15) is 11.2 Å². The summed E-state index contributed by atoms with van der Waals surface area (Å²) in [4.78, 5) is 2.40. The first kappa shape index (κ1) is 43.8. The van der Waals surface area contributed by atoms with E-state index in [9.17, 15) is 0 Å². The number of fused-ring (bicyclic) bond motifs is 6. The number of anilines is 3. The third-order valence-electron chi connectivity index (χ3n) is 14.8. The van der Waals surface area contributed by atoms with Crippen LogP contribution in [0.3, 0.4) is 0 Å². The number of nitrogens with zero attached hydrogens (tertiary/aromatic N) is 2. The van der Waals surface area contributed by atoms with Crippen molar-refractivity contribution >= 4 is 60.8 Å². The predicted octanol–water partition coefficient (Wildman–Crippen LogP) is 20.2. The van der Waals surface area contributed by atoms with Gasteiger partial charge < -0.3 is 13.9 Å². The molecule has 14 aromatic rings. The maximum Gasteiger partial charge on any atom is 0.143 e. The Morgan fingerprint density at radius 2 is 0.707 bits per heavy atom. The van der Waals surface area contributed by atoms with Crippen molar-refractivity contribution < 1.29 is 4.42 Å². The standard InChI is InChI=1S/C72H48N2O/c1-3-17-49(18-4-1)51-33-35-53(36-34-51)60-23-7-11-29-67(60)73(58-42-37-52(38-43-58)55-21-15-22-57(47-55)62-27-16-28-66-65-26-10-14-32-71(65)75-72(62)66)59-44-39-54(40-45-59)61-46-41-56(50-19-5-2-6-20-50)48-70(61)74-68-30-12-8-24-63(68)64-25-9-13-31-69(64)74/h1-48H. The van der Waals surface area contributed by atoms with Gasteiger partial charge in [-0.05, 0) is 111 Å². The molecule has 0 unspecified atom stereocenters. The lowest BCUT2D eigenvalue weighted by atomic mass is 9.96. The van der Waals surface area contributed by atoms with Crippen LogP contribution in [0.15, 0.2) is 296 Å². The van der Waals surface area contributed by atoms with Crippen molar-refractivity contribution in [1.29, 1.82) is 0 Å². The average molecular weight is 957 g/mol. The first-order valence-electron chi connectivity index (χ1n) is 25.6. The second-order valence-electron chi connectivity index (χ2n) is 19.2. The van der Waals surface area contributed by atoms with Crippen LogP contribution in [-0.2, 0) is 0 Å². The lowest BCUT2D eigenvalue weighted by Gasteiger charge is -2.28. The summed E-state index contributed by atoms with van der Waals surface area (Å²) in [5.74, 6) is 0. The van der Waals surface area contributed by atoms with Crippen molar-refractivity contribution in [1.82, 2.24) is 4.57 Å². The van der Waals surface area contributed by atoms with Gasteiger partial charge in [-0.1, -0.05) is 231 Å². The van der Waals surface area contributed by atoms with E-state index in [1.807, 2.05) is 12.1 Å². The molecule has 75 heavy (non-hydrogen) atoms. The van der Waals surface area contributed by atoms with E-state index in [1.54, 1.807) is 0 Å². The highest BCUT2D eigenvalue weighted by atomic mass is 16.3. The van der Waals surface area contributed by atoms with E-state index in [0.29, 0.717) is 0 Å². The number of furan rings is 1. The molecule has 352 valence electrons. The van der Waals surface area contributed by atoms with E-state index in [1.165, 1.54) is 44.1 Å². The fourth-order valence-electron chi connectivity index (χ4n) is 11.2. The molecule has 0 amide bonds. The Morgan fingerprint density at radius 1 is 0.267 bits per heavy atom. The molecule has 3 nitrogen and oxygen atoms in total. The van der Waals surface area contributed by atoms with Gasteiger partial charge in [0, 0.05) is 49.6 Å². The van der Waals surface area contributed by atoms with Crippen molar-refractivity contribution in [3.8, 4) is 72.4 Å². The van der Waals surface area contributed by atoms with Crippen LogP contribution in [0.25, 0.3) is 116 Å². The molecule has 2 heterocycles. The molecule has 0 aliphatic rings. The van der Waals surface area contributed by atoms with E-state index in [0.717, 1.165) is 89.2 Å². The van der Waals surface area contributed by atoms with Gasteiger partial charge in [0.15, 0.2) is 0 Å². The summed E-state index contributed by atoms with van der Waals surface area (Å²) in [5, 5.41) is 4.74. The molecule has 0 bridgehead atoms. The molecule has 0 spiro atoms. The third kappa shape index (κ3) is 7.86. The van der Waals surface area contributed by atoms with Gasteiger partial charge in [-0.25, -0.2) is 0 Å². The summed E-state index contributed by atoms with van der Waals surface area (Å²) >= 11 is 0. The molecular weight excluding hydrogens is 909 g/mol. The van der Waals surface area contributed by atoms with Crippen molar-refractivity contribution in [3.63, 3.8) is 0 Å². The number of benzene rings is 12. The summed E-state index contributed by atoms with van der Waals surface area (Å²) in [6.45, 7) is 0. The summed E-state index contributed by atoms with van der Waals surface area (Å²) in [6.07, 6.45) is 0. The monoisotopic (exact) mass is 956 g/mol. The van der Waals surface area contributed by atoms with E-state index < -0.39 is 0 Å². The van der Waals surface area contributed by atoms with Crippen LogP contribution in [0, 0.1) is 0 Å². The second kappa shape index (κ2) is 18.6. The smallest absolute Gasteiger partial charge is 0.143 e. The van der Waals surface area contributed by atoms with Crippen molar-refractivity contribution in [3.05, 3.63) is 291 Å². The van der Waals surface area contributed by atoms with E-state index in [-0.39, 0.29) is 0 Å². The molecule has 0 radical (unpaired) electrons. The number of hydrogen-bond acceptors (Lipinski definition) is 2. The van der Waals surface area contributed by atoms with Gasteiger partial charge in [-0.15, -0.1) is 0 Å². The zero-order valence-electron chi connectivity index (χ0n) is 41.0. The average Bonchev–Trinajstić information content (AvgIpc) is 4.05. The fourth-order valence-corrected chi connectivity index (χ4v) is 11.2. The number of hydrogen-bond donors (Lipinski definition) is 0. The number of rotatable bonds is 10. The highest BCUT2D eigenvalue weighted by Crippen LogP contribution is 2.45. The zero-order valence-corrected chi connectivity index (χ0v) is 41.0. The van der Waals surface area contributed by atoms with Crippen LogP contribution >= 0.6 is 0 Å². The number of aromatic nitrogens is 1. The van der Waals surface area contributed by atoms with Gasteiger partial charge >= 0.3 is 0 Å². The molecule has 0 aliphatic heterocycles. The Kier molecular flexibility index (Phi) is 10.8. The maximum atomic E-state index is 6.48. The summed E-state index contributed by atoms with van der Waals surface area (Å²) in [5.41, 5.74) is 22.3. The minimum absolute atomic E-state index is 0.901. The normalized spacial score (nSPS) is 11.5. The van der Waals surface area contributed by atoms with E-state index in [4.69, 9.17) is 4.42 Å². The van der Waals surface area contributed by atoms with Crippen LogP contribution in [0.1, 0.15) is 0 Å². The van der Waals surface area contributed by atoms with Crippen molar-refractivity contribution in [2.75, 3.05) is 4.90 Å². The molecule has 2 aromatic heterocycles. The molecule has 0 atom stereocenters. The molecule has 0 saturated carbocycles. The van der Waals surface area contributed by atoms with E-state index in [2.05, 4.69) is 289 Å². The highest BCUT2D eigenvalue weighted by Gasteiger charge is 2.21. The van der Waals surface area contributed by atoms with Crippen molar-refractivity contribution in [2.45, 2.75) is 0 Å². The second-order valence-corrected chi connectivity index (χ2v) is 19.2. The van der Waals surface area contributed by atoms with Crippen LogP contribution in [-0.4, -0.2) is 4.57 Å². The first-order chi connectivity index (χ1) is 37.2. The summed E-state index contributed by atoms with van der Waals surface area (Å²) in [6, 6.07) is 105. The molecule has 0 saturated heterocycles. The summed E-state index contributed by atoms with van der Waals surface area (Å²) < 4.78 is 8.92. The molecule has 0 fully saturated rings. The molecule has 0 N–H and O–H groups in total. The third-order valence-corrected chi connectivity index (χ3v) is 14.8. The zero-order chi connectivity index (χ0) is 49.7. The minimum Gasteiger partial charge on any atom is -0.455 e. The SMILES string of the molecule is c1ccc(-c2ccc(-c3ccccc3N(c3ccc(-c4cccc(-c5cccc6c5oc5ccccc56)c4)cc3)c3ccc(-c4ccc(-c5ccccc5)cc4-n4c5ccccc5c5ccccc54)cc3)cc2)cc1. The van der Waals surface area contributed by atoms with Crippen molar-refractivity contribution in [2.24, 2.45) is 0 Å². The van der Waals surface area contributed by atoms with Gasteiger partial charge in [0.2, 0.25) is 0 Å². The van der Waals surface area contributed by atoms with Gasteiger partial charge in [0.25, 0.3) is 0 Å². The van der Waals surface area contributed by atoms with Gasteiger partial charge in [-0.3, -0.25) is 0 Å². The number of para-hydroxylation sites is 5. The highest BCUT2D eigenvalue weighted by molar-refractivity contribution is 6.11. The van der Waals surface area contributed by atoms with E-state index >= 15 is 0 Å². The van der Waals surface area contributed by atoms with Gasteiger partial charge in [-0.2, -0.15) is 0 Å². The lowest BCUT2D eigenvalue weighted by Crippen LogP contribution is -2.11. The Hall–Kier alpha value is -9.96. The molecule has 3 heteroatoms. The largest absolute Gasteiger partial charge is 0.455 e. The Balaban J connectivity index is 0.884. The van der Waals surface area contributed by atoms with Crippen LogP contribution in [0.2, 0.25) is 0 Å². The Morgan fingerprint density at radius 3 is 1.41 bits per heavy atom. The van der Waals surface area contributed by atoms with Crippen LogP contribution in [0.5, 0.6) is 0 Å². The molecule has 12 aromatic carbocycles. The quantitative estimate of drug-likeness (QED) is 0.136. The first-order valence-corrected chi connectivity index (χ1v) is 25.6. The Bertz CT molecular complexity index is 4320. The maximum absolute atomic E-state index is 6.48. The predicted molar refractivity (Wildman–Crippen MR) is 315 cm³/mol. The summed E-state index contributed by atoms with van der Waals surface area (Å²) in [7, 11) is 0. The lowest BCUT2D eigenvalue weighted by molar-refractivity contribution is 0.670. The Labute approximate surface area is 436 Å². The minimum atomic E-state index is 0.901.